The fourth-order valence-corrected chi connectivity index (χ4v) is 1.49. The second kappa shape index (κ2) is 5.84. The quantitative estimate of drug-likeness (QED) is 0.771. The third-order valence-electron chi connectivity index (χ3n) is 2.54. The Morgan fingerprint density at radius 2 is 1.83 bits per heavy atom. The lowest BCUT2D eigenvalue weighted by Crippen LogP contribution is -2.14. The Labute approximate surface area is 108 Å². The van der Waals surface area contributed by atoms with Gasteiger partial charge >= 0.3 is 6.01 Å². The normalized spacial score (nSPS) is 14.7. The molecule has 2 rings (SSSR count). The highest BCUT2D eigenvalue weighted by Gasteiger charge is 2.21. The van der Waals surface area contributed by atoms with E-state index < -0.39 is 0 Å². The van der Waals surface area contributed by atoms with Gasteiger partial charge in [-0.15, -0.1) is 0 Å². The highest BCUT2D eigenvalue weighted by molar-refractivity contribution is 5.35. The predicted molar refractivity (Wildman–Crippen MR) is 71.0 cm³/mol. The molecule has 0 atom stereocenters. The SMILES string of the molecule is CCNc1nc(NCC2CC2)nc(OC(C)C)n1. The average molecular weight is 251 g/mol. The van der Waals surface area contributed by atoms with Crippen LogP contribution in [0.1, 0.15) is 33.6 Å². The Kier molecular flexibility index (Phi) is 4.17. The minimum absolute atomic E-state index is 0.0539. The molecule has 1 aliphatic rings. The van der Waals surface area contributed by atoms with E-state index in [-0.39, 0.29) is 6.10 Å². The molecule has 0 saturated heterocycles. The minimum atomic E-state index is 0.0539. The van der Waals surface area contributed by atoms with Crippen LogP contribution in [0.15, 0.2) is 0 Å². The molecule has 6 nitrogen and oxygen atoms in total. The first-order chi connectivity index (χ1) is 8.67. The number of rotatable bonds is 7. The summed E-state index contributed by atoms with van der Waals surface area (Å²) in [6.45, 7) is 7.61. The van der Waals surface area contributed by atoms with Gasteiger partial charge in [0.2, 0.25) is 11.9 Å². The molecule has 0 amide bonds. The maximum Gasteiger partial charge on any atom is 0.323 e. The molecule has 1 saturated carbocycles. The summed E-state index contributed by atoms with van der Waals surface area (Å²) in [5.41, 5.74) is 0. The molecule has 0 aromatic carbocycles. The smallest absolute Gasteiger partial charge is 0.323 e. The Morgan fingerprint density at radius 3 is 2.39 bits per heavy atom. The third-order valence-corrected chi connectivity index (χ3v) is 2.54. The van der Waals surface area contributed by atoms with Gasteiger partial charge in [0.05, 0.1) is 6.10 Å². The minimum Gasteiger partial charge on any atom is -0.461 e. The van der Waals surface area contributed by atoms with Crippen LogP contribution >= 0.6 is 0 Å². The van der Waals surface area contributed by atoms with Crippen molar-refractivity contribution in [3.63, 3.8) is 0 Å². The highest BCUT2D eigenvalue weighted by Crippen LogP contribution is 2.28. The Morgan fingerprint density at radius 1 is 1.17 bits per heavy atom. The van der Waals surface area contributed by atoms with Crippen molar-refractivity contribution >= 4 is 11.9 Å². The molecule has 100 valence electrons. The van der Waals surface area contributed by atoms with Gasteiger partial charge in [0.15, 0.2) is 0 Å². The van der Waals surface area contributed by atoms with Gasteiger partial charge in [-0.2, -0.15) is 15.0 Å². The Hall–Kier alpha value is -1.59. The topological polar surface area (TPSA) is 72.0 Å². The molecule has 18 heavy (non-hydrogen) atoms. The molecule has 0 unspecified atom stereocenters. The van der Waals surface area contributed by atoms with Crippen molar-refractivity contribution in [1.82, 2.24) is 15.0 Å². The van der Waals surface area contributed by atoms with Crippen molar-refractivity contribution in [2.45, 2.75) is 39.7 Å². The number of hydrogen-bond donors (Lipinski definition) is 2. The molecule has 0 radical (unpaired) electrons. The van der Waals surface area contributed by atoms with Crippen LogP contribution in [0.3, 0.4) is 0 Å². The van der Waals surface area contributed by atoms with Gasteiger partial charge in [0.25, 0.3) is 0 Å². The number of ether oxygens (including phenoxy) is 1. The van der Waals surface area contributed by atoms with E-state index in [2.05, 4.69) is 25.6 Å². The second-order valence-electron chi connectivity index (χ2n) is 4.79. The number of nitrogens with zero attached hydrogens (tertiary/aromatic N) is 3. The first kappa shape index (κ1) is 12.9. The summed E-state index contributed by atoms with van der Waals surface area (Å²) in [4.78, 5) is 12.8. The van der Waals surface area contributed by atoms with Crippen molar-refractivity contribution < 1.29 is 4.74 Å². The van der Waals surface area contributed by atoms with Crippen LogP contribution in [-0.2, 0) is 0 Å². The lowest BCUT2D eigenvalue weighted by molar-refractivity contribution is 0.222. The van der Waals surface area contributed by atoms with E-state index in [9.17, 15) is 0 Å². The maximum atomic E-state index is 5.52. The molecule has 1 fully saturated rings. The van der Waals surface area contributed by atoms with E-state index in [4.69, 9.17) is 4.74 Å². The number of hydrogen-bond acceptors (Lipinski definition) is 6. The lowest BCUT2D eigenvalue weighted by atomic mass is 10.4. The number of aromatic nitrogens is 3. The van der Waals surface area contributed by atoms with Crippen LogP contribution < -0.4 is 15.4 Å². The first-order valence-electron chi connectivity index (χ1n) is 6.58. The van der Waals surface area contributed by atoms with Crippen molar-refractivity contribution in [1.29, 1.82) is 0 Å². The van der Waals surface area contributed by atoms with Crippen molar-refractivity contribution in [3.05, 3.63) is 0 Å². The Balaban J connectivity index is 2.06. The largest absolute Gasteiger partial charge is 0.461 e. The Bertz CT molecular complexity index is 392. The molecule has 1 aromatic heterocycles. The number of anilines is 2. The highest BCUT2D eigenvalue weighted by atomic mass is 16.5. The van der Waals surface area contributed by atoms with Crippen LogP contribution in [0.5, 0.6) is 6.01 Å². The third kappa shape index (κ3) is 4.01. The summed E-state index contributed by atoms with van der Waals surface area (Å²) in [6.07, 6.45) is 2.65. The molecule has 1 heterocycles. The molecule has 0 bridgehead atoms. The zero-order valence-corrected chi connectivity index (χ0v) is 11.2. The van der Waals surface area contributed by atoms with Crippen LogP contribution in [0.4, 0.5) is 11.9 Å². The zero-order chi connectivity index (χ0) is 13.0. The van der Waals surface area contributed by atoms with Crippen LogP contribution in [-0.4, -0.2) is 34.1 Å². The van der Waals surface area contributed by atoms with Crippen LogP contribution in [0.25, 0.3) is 0 Å². The van der Waals surface area contributed by atoms with Crippen LogP contribution in [0, 0.1) is 5.92 Å². The van der Waals surface area contributed by atoms with Crippen molar-refractivity contribution in [3.8, 4) is 6.01 Å². The molecule has 6 heteroatoms. The van der Waals surface area contributed by atoms with Gasteiger partial charge in [-0.05, 0) is 39.5 Å². The summed E-state index contributed by atoms with van der Waals surface area (Å²) in [7, 11) is 0. The molecule has 1 aromatic rings. The lowest BCUT2D eigenvalue weighted by Gasteiger charge is -2.11. The zero-order valence-electron chi connectivity index (χ0n) is 11.2. The summed E-state index contributed by atoms with van der Waals surface area (Å²) in [6, 6.07) is 0.370. The molecule has 0 spiro atoms. The van der Waals surface area contributed by atoms with E-state index in [1.54, 1.807) is 0 Å². The van der Waals surface area contributed by atoms with E-state index in [0.29, 0.717) is 17.9 Å². The molecule has 1 aliphatic carbocycles. The molecular weight excluding hydrogens is 230 g/mol. The fraction of sp³-hybridized carbons (Fsp3) is 0.750. The van der Waals surface area contributed by atoms with Gasteiger partial charge < -0.3 is 15.4 Å². The van der Waals surface area contributed by atoms with E-state index in [1.807, 2.05) is 20.8 Å². The van der Waals surface area contributed by atoms with E-state index in [0.717, 1.165) is 19.0 Å². The standard InChI is InChI=1S/C12H21N5O/c1-4-13-10-15-11(14-7-9-5-6-9)17-12(16-10)18-8(2)3/h8-9H,4-7H2,1-3H3,(H2,13,14,15,16,17). The summed E-state index contributed by atoms with van der Waals surface area (Å²) in [5, 5.41) is 6.32. The van der Waals surface area contributed by atoms with E-state index in [1.165, 1.54) is 12.8 Å². The first-order valence-corrected chi connectivity index (χ1v) is 6.58. The average Bonchev–Trinajstić information content (AvgIpc) is 3.09. The second-order valence-corrected chi connectivity index (χ2v) is 4.79. The van der Waals surface area contributed by atoms with E-state index >= 15 is 0 Å². The van der Waals surface area contributed by atoms with Crippen molar-refractivity contribution in [2.75, 3.05) is 23.7 Å². The summed E-state index contributed by atoms with van der Waals surface area (Å²) >= 11 is 0. The van der Waals surface area contributed by atoms with Crippen molar-refractivity contribution in [2.24, 2.45) is 5.92 Å². The fourth-order valence-electron chi connectivity index (χ4n) is 1.49. The van der Waals surface area contributed by atoms with Gasteiger partial charge in [0, 0.05) is 13.1 Å². The number of nitrogens with one attached hydrogen (secondary N) is 2. The van der Waals surface area contributed by atoms with Gasteiger partial charge in [0.1, 0.15) is 0 Å². The monoisotopic (exact) mass is 251 g/mol. The van der Waals surface area contributed by atoms with Crippen LogP contribution in [0.2, 0.25) is 0 Å². The molecule has 2 N–H and O–H groups in total. The predicted octanol–water partition coefficient (Wildman–Crippen LogP) is 1.91. The van der Waals surface area contributed by atoms with Gasteiger partial charge in [-0.25, -0.2) is 0 Å². The summed E-state index contributed by atoms with van der Waals surface area (Å²) < 4.78 is 5.52. The summed E-state index contributed by atoms with van der Waals surface area (Å²) in [5.74, 6) is 1.92. The van der Waals surface area contributed by atoms with Gasteiger partial charge in [-0.3, -0.25) is 0 Å². The molecular formula is C12H21N5O. The maximum absolute atomic E-state index is 5.52. The van der Waals surface area contributed by atoms with Gasteiger partial charge in [-0.1, -0.05) is 0 Å². The molecule has 0 aliphatic heterocycles.